The third-order valence-corrected chi connectivity index (χ3v) is 2.93. The summed E-state index contributed by atoms with van der Waals surface area (Å²) in [6.45, 7) is 7.77. The zero-order chi connectivity index (χ0) is 12.3. The highest BCUT2D eigenvalue weighted by molar-refractivity contribution is 5.37. The summed E-state index contributed by atoms with van der Waals surface area (Å²) in [5, 5.41) is 2.84. The molecule has 0 aromatic heterocycles. The van der Waals surface area contributed by atoms with Crippen LogP contribution in [0.2, 0.25) is 0 Å². The first-order valence-electron chi connectivity index (χ1n) is 5.51. The predicted molar refractivity (Wildman–Crippen MR) is 63.1 cm³/mol. The van der Waals surface area contributed by atoms with Crippen molar-refractivity contribution in [3.05, 3.63) is 34.4 Å². The molecule has 0 heterocycles. The van der Waals surface area contributed by atoms with Crippen LogP contribution in [0.5, 0.6) is 0 Å². The van der Waals surface area contributed by atoms with E-state index in [-0.39, 0.29) is 12.6 Å². The van der Waals surface area contributed by atoms with Gasteiger partial charge in [0.15, 0.2) is 0 Å². The molecule has 0 bridgehead atoms. The van der Waals surface area contributed by atoms with Crippen molar-refractivity contribution >= 4 is 0 Å². The summed E-state index contributed by atoms with van der Waals surface area (Å²) in [4.78, 5) is 0. The molecule has 1 N–H and O–H groups in total. The van der Waals surface area contributed by atoms with E-state index < -0.39 is 6.43 Å². The van der Waals surface area contributed by atoms with Crippen LogP contribution < -0.4 is 5.32 Å². The lowest BCUT2D eigenvalue weighted by atomic mass is 9.96. The molecule has 0 fully saturated rings. The Balaban J connectivity index is 2.82. The van der Waals surface area contributed by atoms with Gasteiger partial charge in [0, 0.05) is 6.04 Å². The van der Waals surface area contributed by atoms with Gasteiger partial charge in [0.05, 0.1) is 6.54 Å². The Bertz CT molecular complexity index is 361. The Hall–Kier alpha value is -0.960. The van der Waals surface area contributed by atoms with E-state index in [2.05, 4.69) is 24.4 Å². The second-order valence-electron chi connectivity index (χ2n) is 4.31. The number of benzene rings is 1. The van der Waals surface area contributed by atoms with E-state index in [0.717, 1.165) is 11.1 Å². The molecule has 1 rings (SSSR count). The van der Waals surface area contributed by atoms with Gasteiger partial charge in [0.25, 0.3) is 6.43 Å². The third-order valence-electron chi connectivity index (χ3n) is 2.93. The maximum absolute atomic E-state index is 12.1. The second-order valence-corrected chi connectivity index (χ2v) is 4.31. The van der Waals surface area contributed by atoms with E-state index in [1.807, 2.05) is 20.8 Å². The van der Waals surface area contributed by atoms with Crippen molar-refractivity contribution in [3.63, 3.8) is 0 Å². The van der Waals surface area contributed by atoms with Gasteiger partial charge in [-0.25, -0.2) is 8.78 Å². The highest BCUT2D eigenvalue weighted by Crippen LogP contribution is 2.21. The van der Waals surface area contributed by atoms with Gasteiger partial charge in [0.2, 0.25) is 0 Å². The molecule has 1 unspecified atom stereocenters. The van der Waals surface area contributed by atoms with Gasteiger partial charge in [-0.2, -0.15) is 0 Å². The summed E-state index contributed by atoms with van der Waals surface area (Å²) < 4.78 is 24.2. The van der Waals surface area contributed by atoms with Crippen LogP contribution in [0.3, 0.4) is 0 Å². The second kappa shape index (κ2) is 5.39. The lowest BCUT2D eigenvalue weighted by Gasteiger charge is -2.18. The normalized spacial score (nSPS) is 13.2. The van der Waals surface area contributed by atoms with Crippen molar-refractivity contribution in [2.45, 2.75) is 40.2 Å². The molecular formula is C13H19F2N. The van der Waals surface area contributed by atoms with E-state index >= 15 is 0 Å². The number of halogens is 2. The number of hydrogen-bond donors (Lipinski definition) is 1. The summed E-state index contributed by atoms with van der Waals surface area (Å²) in [6, 6.07) is 4.15. The van der Waals surface area contributed by atoms with Crippen LogP contribution in [0.4, 0.5) is 8.78 Å². The summed E-state index contributed by atoms with van der Waals surface area (Å²) in [6.07, 6.45) is -2.30. The highest BCUT2D eigenvalue weighted by Gasteiger charge is 2.11. The Morgan fingerprint density at radius 2 is 1.62 bits per heavy atom. The molecule has 0 aliphatic heterocycles. The number of nitrogens with one attached hydrogen (secondary N) is 1. The van der Waals surface area contributed by atoms with Crippen molar-refractivity contribution in [2.24, 2.45) is 0 Å². The summed E-state index contributed by atoms with van der Waals surface area (Å²) in [5.41, 5.74) is 4.69. The molecule has 0 saturated carbocycles. The zero-order valence-electron chi connectivity index (χ0n) is 10.3. The zero-order valence-corrected chi connectivity index (χ0v) is 10.3. The average molecular weight is 227 g/mol. The van der Waals surface area contributed by atoms with Crippen LogP contribution in [0.25, 0.3) is 0 Å². The lowest BCUT2D eigenvalue weighted by molar-refractivity contribution is 0.142. The van der Waals surface area contributed by atoms with Gasteiger partial charge in [-0.15, -0.1) is 0 Å². The fourth-order valence-corrected chi connectivity index (χ4v) is 1.83. The number of hydrogen-bond acceptors (Lipinski definition) is 1. The minimum absolute atomic E-state index is 0.0340. The number of aryl methyl sites for hydroxylation is 3. The fraction of sp³-hybridized carbons (Fsp3) is 0.538. The molecule has 1 aromatic rings. The smallest absolute Gasteiger partial charge is 0.250 e. The minimum Gasteiger partial charge on any atom is -0.305 e. The molecule has 1 atom stereocenters. The van der Waals surface area contributed by atoms with Crippen LogP contribution in [-0.2, 0) is 0 Å². The SMILES string of the molecule is Cc1cc(C)c(C(C)NCC(F)F)cc1C. The van der Waals surface area contributed by atoms with Crippen molar-refractivity contribution in [3.8, 4) is 0 Å². The molecule has 0 amide bonds. The monoisotopic (exact) mass is 227 g/mol. The number of rotatable bonds is 4. The van der Waals surface area contributed by atoms with Crippen LogP contribution in [0, 0.1) is 20.8 Å². The first-order chi connectivity index (χ1) is 7.41. The van der Waals surface area contributed by atoms with Gasteiger partial charge in [-0.1, -0.05) is 12.1 Å². The van der Waals surface area contributed by atoms with Crippen molar-refractivity contribution in [1.82, 2.24) is 5.32 Å². The van der Waals surface area contributed by atoms with Gasteiger partial charge in [-0.3, -0.25) is 0 Å². The topological polar surface area (TPSA) is 12.0 Å². The van der Waals surface area contributed by atoms with Gasteiger partial charge < -0.3 is 5.32 Å². The first-order valence-corrected chi connectivity index (χ1v) is 5.51. The molecule has 0 spiro atoms. The van der Waals surface area contributed by atoms with Crippen LogP contribution >= 0.6 is 0 Å². The Labute approximate surface area is 95.9 Å². The molecule has 0 aliphatic carbocycles. The predicted octanol–water partition coefficient (Wildman–Crippen LogP) is 3.53. The quantitative estimate of drug-likeness (QED) is 0.829. The standard InChI is InChI=1S/C13H19F2N/c1-8-5-10(3)12(6-9(8)2)11(4)16-7-13(14)15/h5-6,11,13,16H,7H2,1-4H3. The summed E-state index contributed by atoms with van der Waals surface area (Å²) in [5.74, 6) is 0. The molecule has 0 radical (unpaired) electrons. The molecule has 90 valence electrons. The molecule has 1 aromatic carbocycles. The van der Waals surface area contributed by atoms with E-state index in [1.165, 1.54) is 11.1 Å². The fourth-order valence-electron chi connectivity index (χ4n) is 1.83. The maximum atomic E-state index is 12.1. The largest absolute Gasteiger partial charge is 0.305 e. The molecule has 3 heteroatoms. The van der Waals surface area contributed by atoms with E-state index in [1.54, 1.807) is 0 Å². The Kier molecular flexibility index (Phi) is 4.42. The maximum Gasteiger partial charge on any atom is 0.250 e. The van der Waals surface area contributed by atoms with Gasteiger partial charge in [0.1, 0.15) is 0 Å². The first kappa shape index (κ1) is 13.1. The van der Waals surface area contributed by atoms with E-state index in [4.69, 9.17) is 0 Å². The molecule has 0 saturated heterocycles. The van der Waals surface area contributed by atoms with Gasteiger partial charge >= 0.3 is 0 Å². The average Bonchev–Trinajstić information content (AvgIpc) is 2.20. The summed E-state index contributed by atoms with van der Waals surface area (Å²) >= 11 is 0. The van der Waals surface area contributed by atoms with Crippen molar-refractivity contribution in [1.29, 1.82) is 0 Å². The molecule has 16 heavy (non-hydrogen) atoms. The summed E-state index contributed by atoms with van der Waals surface area (Å²) in [7, 11) is 0. The van der Waals surface area contributed by atoms with E-state index in [9.17, 15) is 8.78 Å². The van der Waals surface area contributed by atoms with Crippen LogP contribution in [-0.4, -0.2) is 13.0 Å². The highest BCUT2D eigenvalue weighted by atomic mass is 19.3. The van der Waals surface area contributed by atoms with E-state index in [0.29, 0.717) is 0 Å². The molecular weight excluding hydrogens is 208 g/mol. The Morgan fingerprint density at radius 1 is 1.06 bits per heavy atom. The Morgan fingerprint density at radius 3 is 2.19 bits per heavy atom. The minimum atomic E-state index is -2.30. The molecule has 1 nitrogen and oxygen atoms in total. The number of alkyl halides is 2. The molecule has 0 aliphatic rings. The van der Waals surface area contributed by atoms with Crippen molar-refractivity contribution in [2.75, 3.05) is 6.54 Å². The van der Waals surface area contributed by atoms with Crippen molar-refractivity contribution < 1.29 is 8.78 Å². The lowest BCUT2D eigenvalue weighted by Crippen LogP contribution is -2.25. The third kappa shape index (κ3) is 3.27. The van der Waals surface area contributed by atoms with Gasteiger partial charge in [-0.05, 0) is 49.9 Å². The van der Waals surface area contributed by atoms with Crippen LogP contribution in [0.1, 0.15) is 35.2 Å². The van der Waals surface area contributed by atoms with Crippen LogP contribution in [0.15, 0.2) is 12.1 Å².